The summed E-state index contributed by atoms with van der Waals surface area (Å²) in [5.41, 5.74) is 0.369. The molecule has 5 nitrogen and oxygen atoms in total. The van der Waals surface area contributed by atoms with Crippen molar-refractivity contribution in [1.82, 2.24) is 4.90 Å². The topological polar surface area (TPSA) is 66.8 Å². The van der Waals surface area contributed by atoms with Gasteiger partial charge in [0, 0.05) is 24.5 Å². The van der Waals surface area contributed by atoms with E-state index in [4.69, 9.17) is 21.4 Å². The average molecular weight is 312 g/mol. The van der Waals surface area contributed by atoms with Crippen molar-refractivity contribution in [2.45, 2.75) is 31.9 Å². The van der Waals surface area contributed by atoms with Gasteiger partial charge in [0.15, 0.2) is 0 Å². The van der Waals surface area contributed by atoms with Gasteiger partial charge in [-0.3, -0.25) is 9.59 Å². The zero-order valence-corrected chi connectivity index (χ0v) is 12.6. The summed E-state index contributed by atoms with van der Waals surface area (Å²) in [6.07, 6.45) is 0.409. The third kappa shape index (κ3) is 4.44. The molecule has 0 spiro atoms. The van der Waals surface area contributed by atoms with Crippen molar-refractivity contribution in [1.29, 1.82) is 0 Å². The number of aliphatic carboxylic acids is 1. The number of rotatable bonds is 5. The Morgan fingerprint density at radius 2 is 2.10 bits per heavy atom. The zero-order valence-electron chi connectivity index (χ0n) is 11.8. The summed E-state index contributed by atoms with van der Waals surface area (Å²) in [7, 11) is 0. The fourth-order valence-corrected chi connectivity index (χ4v) is 2.47. The van der Waals surface area contributed by atoms with Gasteiger partial charge in [-0.1, -0.05) is 23.7 Å². The van der Waals surface area contributed by atoms with Crippen molar-refractivity contribution in [3.8, 4) is 0 Å². The molecule has 0 aromatic heterocycles. The van der Waals surface area contributed by atoms with E-state index in [1.807, 2.05) is 19.1 Å². The first-order valence-corrected chi connectivity index (χ1v) is 7.14. The number of carboxylic acid groups (broad SMARTS) is 1. The Morgan fingerprint density at radius 1 is 1.43 bits per heavy atom. The second-order valence-electron chi connectivity index (χ2n) is 5.51. The Hall–Kier alpha value is -1.59. The summed E-state index contributed by atoms with van der Waals surface area (Å²) in [6, 6.07) is 7.32. The minimum absolute atomic E-state index is 0.0102. The first-order valence-electron chi connectivity index (χ1n) is 6.76. The minimum Gasteiger partial charge on any atom is -0.481 e. The molecule has 1 aromatic rings. The molecule has 1 amide bonds. The molecule has 6 heteroatoms. The van der Waals surface area contributed by atoms with Crippen LogP contribution in [0.25, 0.3) is 0 Å². The van der Waals surface area contributed by atoms with Gasteiger partial charge in [0.05, 0.1) is 5.60 Å². The van der Waals surface area contributed by atoms with Crippen molar-refractivity contribution >= 4 is 23.5 Å². The summed E-state index contributed by atoms with van der Waals surface area (Å²) < 4.78 is 5.54. The normalized spacial score (nSPS) is 22.4. The first-order chi connectivity index (χ1) is 9.88. The van der Waals surface area contributed by atoms with E-state index in [1.165, 1.54) is 0 Å². The van der Waals surface area contributed by atoms with Crippen molar-refractivity contribution in [3.63, 3.8) is 0 Å². The average Bonchev–Trinajstić information content (AvgIpc) is 2.44. The van der Waals surface area contributed by atoms with Gasteiger partial charge in [0.2, 0.25) is 5.91 Å². The van der Waals surface area contributed by atoms with Crippen molar-refractivity contribution in [2.24, 2.45) is 0 Å². The number of halogens is 1. The highest BCUT2D eigenvalue weighted by Gasteiger charge is 2.36. The van der Waals surface area contributed by atoms with E-state index in [2.05, 4.69) is 0 Å². The molecule has 1 fully saturated rings. The van der Waals surface area contributed by atoms with Crippen LogP contribution in [0.15, 0.2) is 24.3 Å². The molecule has 1 saturated heterocycles. The number of hydrogen-bond acceptors (Lipinski definition) is 3. The Kier molecular flexibility index (Phi) is 4.85. The molecule has 0 aliphatic carbocycles. The molecule has 1 atom stereocenters. The van der Waals surface area contributed by atoms with E-state index in [-0.39, 0.29) is 18.9 Å². The monoisotopic (exact) mass is 311 g/mol. The molecule has 1 N–H and O–H groups in total. The number of carbonyl (C=O) groups is 2. The largest absolute Gasteiger partial charge is 0.481 e. The highest BCUT2D eigenvalue weighted by molar-refractivity contribution is 6.30. The van der Waals surface area contributed by atoms with Crippen LogP contribution < -0.4 is 0 Å². The number of ether oxygens (including phenoxy) is 1. The minimum atomic E-state index is -0.860. The fraction of sp³-hybridized carbons (Fsp3) is 0.467. The predicted molar refractivity (Wildman–Crippen MR) is 78.1 cm³/mol. The third-order valence-electron chi connectivity index (χ3n) is 3.58. The van der Waals surface area contributed by atoms with Crippen molar-refractivity contribution < 1.29 is 19.4 Å². The van der Waals surface area contributed by atoms with Gasteiger partial charge in [-0.2, -0.15) is 0 Å². The van der Waals surface area contributed by atoms with Crippen molar-refractivity contribution in [3.05, 3.63) is 34.9 Å². The van der Waals surface area contributed by atoms with Crippen LogP contribution in [0.1, 0.15) is 25.3 Å². The molecular weight excluding hydrogens is 294 g/mol. The molecule has 1 aliphatic rings. The molecule has 1 aliphatic heterocycles. The number of carboxylic acids is 1. The van der Waals surface area contributed by atoms with Crippen LogP contribution >= 0.6 is 11.6 Å². The lowest BCUT2D eigenvalue weighted by molar-refractivity contribution is -0.164. The zero-order chi connectivity index (χ0) is 15.5. The van der Waals surface area contributed by atoms with Gasteiger partial charge in [0.25, 0.3) is 0 Å². The molecular formula is C15H18ClNO4. The van der Waals surface area contributed by atoms with E-state index in [1.54, 1.807) is 17.0 Å². The van der Waals surface area contributed by atoms with Crippen LogP contribution in [0.5, 0.6) is 0 Å². The smallest absolute Gasteiger partial charge is 0.303 e. The van der Waals surface area contributed by atoms with E-state index in [0.29, 0.717) is 24.5 Å². The SMILES string of the molecule is CC1(CCC(=O)O)CN(Cc2ccc(Cl)cc2)C(=O)CO1. The maximum absolute atomic E-state index is 12.0. The highest BCUT2D eigenvalue weighted by atomic mass is 35.5. The van der Waals surface area contributed by atoms with Crippen LogP contribution in [0.2, 0.25) is 5.02 Å². The Labute approximate surface area is 128 Å². The van der Waals surface area contributed by atoms with Gasteiger partial charge in [-0.05, 0) is 31.0 Å². The Bertz CT molecular complexity index is 531. The predicted octanol–water partition coefficient (Wildman–Crippen LogP) is 2.32. The summed E-state index contributed by atoms with van der Waals surface area (Å²) in [6.45, 7) is 2.70. The van der Waals surface area contributed by atoms with Crippen molar-refractivity contribution in [2.75, 3.05) is 13.2 Å². The molecule has 1 aromatic carbocycles. The molecule has 0 radical (unpaired) electrons. The number of amides is 1. The van der Waals surface area contributed by atoms with Gasteiger partial charge in [-0.25, -0.2) is 0 Å². The summed E-state index contributed by atoms with van der Waals surface area (Å²) in [4.78, 5) is 24.4. The number of benzene rings is 1. The van der Waals surface area contributed by atoms with Gasteiger partial charge in [-0.15, -0.1) is 0 Å². The van der Waals surface area contributed by atoms with Gasteiger partial charge < -0.3 is 14.7 Å². The van der Waals surface area contributed by atoms with Crippen LogP contribution in [0.4, 0.5) is 0 Å². The second-order valence-corrected chi connectivity index (χ2v) is 5.95. The molecule has 0 bridgehead atoms. The molecule has 114 valence electrons. The molecule has 1 heterocycles. The lowest BCUT2D eigenvalue weighted by Gasteiger charge is -2.40. The summed E-state index contributed by atoms with van der Waals surface area (Å²) >= 11 is 5.84. The number of hydrogen-bond donors (Lipinski definition) is 1. The van der Waals surface area contributed by atoms with E-state index >= 15 is 0 Å². The standard InChI is InChI=1S/C15H18ClNO4/c1-15(7-6-14(19)20)10-17(13(18)9-21-15)8-11-2-4-12(16)5-3-11/h2-5H,6-10H2,1H3,(H,19,20). The first kappa shape index (κ1) is 15.8. The van der Waals surface area contributed by atoms with Gasteiger partial charge >= 0.3 is 5.97 Å². The summed E-state index contributed by atoms with van der Waals surface area (Å²) in [5, 5.41) is 9.44. The van der Waals surface area contributed by atoms with Gasteiger partial charge in [0.1, 0.15) is 6.61 Å². The highest BCUT2D eigenvalue weighted by Crippen LogP contribution is 2.25. The van der Waals surface area contributed by atoms with E-state index in [0.717, 1.165) is 5.56 Å². The van der Waals surface area contributed by atoms with Crippen LogP contribution in [-0.2, 0) is 20.9 Å². The fourth-order valence-electron chi connectivity index (χ4n) is 2.34. The number of nitrogens with zero attached hydrogens (tertiary/aromatic N) is 1. The lowest BCUT2D eigenvalue weighted by Crippen LogP contribution is -2.52. The lowest BCUT2D eigenvalue weighted by atomic mass is 9.97. The maximum atomic E-state index is 12.0. The van der Waals surface area contributed by atoms with Crippen LogP contribution in [0, 0.1) is 0 Å². The Balaban J connectivity index is 2.02. The number of morpholine rings is 1. The third-order valence-corrected chi connectivity index (χ3v) is 3.83. The van der Waals surface area contributed by atoms with E-state index in [9.17, 15) is 9.59 Å². The summed E-state index contributed by atoms with van der Waals surface area (Å²) in [5.74, 6) is -0.946. The Morgan fingerprint density at radius 3 is 2.71 bits per heavy atom. The number of carbonyl (C=O) groups excluding carboxylic acids is 1. The molecule has 2 rings (SSSR count). The van der Waals surface area contributed by atoms with E-state index < -0.39 is 11.6 Å². The molecule has 21 heavy (non-hydrogen) atoms. The van der Waals surface area contributed by atoms with Crippen LogP contribution in [-0.4, -0.2) is 40.6 Å². The maximum Gasteiger partial charge on any atom is 0.303 e. The quantitative estimate of drug-likeness (QED) is 0.906. The van der Waals surface area contributed by atoms with Crippen LogP contribution in [0.3, 0.4) is 0 Å². The molecule has 1 unspecified atom stereocenters. The second kappa shape index (κ2) is 6.45. The molecule has 0 saturated carbocycles.